The Labute approximate surface area is 246 Å². The van der Waals surface area contributed by atoms with Gasteiger partial charge in [0, 0.05) is 52.1 Å². The molecule has 2 heterocycles. The van der Waals surface area contributed by atoms with E-state index in [1.807, 2.05) is 29.3 Å². The number of fused-ring (bicyclic) bond motifs is 3. The molecule has 0 N–H and O–H groups in total. The monoisotopic (exact) mass is 650 g/mol. The number of piperidine rings is 1. The van der Waals surface area contributed by atoms with Crippen LogP contribution in [-0.2, 0) is 24.1 Å². The zero-order chi connectivity index (χ0) is 27.3. The van der Waals surface area contributed by atoms with Crippen LogP contribution in [0.5, 0.6) is 5.75 Å². The van der Waals surface area contributed by atoms with E-state index >= 15 is 0 Å². The van der Waals surface area contributed by atoms with Crippen molar-refractivity contribution in [2.24, 2.45) is 11.8 Å². The molecule has 39 heavy (non-hydrogen) atoms. The fourth-order valence-corrected chi connectivity index (χ4v) is 8.13. The molecule has 1 fully saturated rings. The van der Waals surface area contributed by atoms with Gasteiger partial charge in [-0.3, -0.25) is 14.6 Å². The summed E-state index contributed by atoms with van der Waals surface area (Å²) < 4.78 is 7.50. The van der Waals surface area contributed by atoms with Gasteiger partial charge < -0.3 is 9.64 Å². The van der Waals surface area contributed by atoms with Crippen LogP contribution in [-0.4, -0.2) is 41.8 Å². The summed E-state index contributed by atoms with van der Waals surface area (Å²) in [6, 6.07) is 12.4. The van der Waals surface area contributed by atoms with Crippen molar-refractivity contribution in [2.75, 3.05) is 20.2 Å². The van der Waals surface area contributed by atoms with Crippen molar-refractivity contribution in [2.45, 2.75) is 51.4 Å². The molecule has 0 saturated carbocycles. The summed E-state index contributed by atoms with van der Waals surface area (Å²) in [6.07, 6.45) is 6.62. The lowest BCUT2D eigenvalue weighted by Gasteiger charge is -2.37. The Balaban J connectivity index is 1.19. The molecule has 1 aliphatic heterocycles. The zero-order valence-electron chi connectivity index (χ0n) is 22.3. The summed E-state index contributed by atoms with van der Waals surface area (Å²) in [5.41, 5.74) is 8.24. The van der Waals surface area contributed by atoms with Crippen LogP contribution in [0.25, 0.3) is 0 Å². The first-order valence-corrected chi connectivity index (χ1v) is 15.3. The molecular formula is C32H32Br2N2O3. The number of benzene rings is 2. The van der Waals surface area contributed by atoms with Crippen LogP contribution in [0.3, 0.4) is 0 Å². The van der Waals surface area contributed by atoms with Crippen LogP contribution in [0.1, 0.15) is 69.0 Å². The van der Waals surface area contributed by atoms with Crippen LogP contribution in [0.15, 0.2) is 51.5 Å². The highest BCUT2D eigenvalue weighted by atomic mass is 79.9. The Hall–Kier alpha value is -2.51. The molecule has 7 heteroatoms. The molecule has 2 atom stereocenters. The number of ether oxygens (including phenoxy) is 1. The Morgan fingerprint density at radius 1 is 1.05 bits per heavy atom. The molecule has 1 aromatic heterocycles. The number of ketones is 1. The summed E-state index contributed by atoms with van der Waals surface area (Å²) in [4.78, 5) is 33.3. The number of hydrogen-bond acceptors (Lipinski definition) is 4. The van der Waals surface area contributed by atoms with E-state index in [9.17, 15) is 9.59 Å². The highest BCUT2D eigenvalue weighted by Gasteiger charge is 2.38. The van der Waals surface area contributed by atoms with Gasteiger partial charge in [0.25, 0.3) is 0 Å². The predicted octanol–water partition coefficient (Wildman–Crippen LogP) is 6.84. The minimum Gasteiger partial charge on any atom is -0.497 e. The van der Waals surface area contributed by atoms with Gasteiger partial charge >= 0.3 is 0 Å². The van der Waals surface area contributed by atoms with E-state index in [1.165, 1.54) is 27.9 Å². The molecule has 202 valence electrons. The molecule has 2 unspecified atom stereocenters. The second-order valence-electron chi connectivity index (χ2n) is 11.2. The van der Waals surface area contributed by atoms with Crippen LogP contribution in [0.4, 0.5) is 0 Å². The first-order valence-electron chi connectivity index (χ1n) is 13.7. The van der Waals surface area contributed by atoms with Crippen molar-refractivity contribution in [3.63, 3.8) is 0 Å². The molecule has 1 amide bonds. The van der Waals surface area contributed by atoms with E-state index in [2.05, 4.69) is 57.0 Å². The van der Waals surface area contributed by atoms with E-state index in [-0.39, 0.29) is 29.9 Å². The van der Waals surface area contributed by atoms with Crippen molar-refractivity contribution in [1.82, 2.24) is 9.88 Å². The van der Waals surface area contributed by atoms with Gasteiger partial charge in [-0.15, -0.1) is 0 Å². The molecule has 2 aromatic carbocycles. The SMILES string of the molecule is COc1ccc2c(c1)CC(CC(=O)N1CCC(C3c4ncc(Br)cc4CCc4cc(C)cc(Br)c43)CC1)C2=O. The van der Waals surface area contributed by atoms with E-state index < -0.39 is 0 Å². The fraction of sp³-hybridized carbons (Fsp3) is 0.406. The fourth-order valence-electron chi connectivity index (χ4n) is 6.89. The predicted molar refractivity (Wildman–Crippen MR) is 159 cm³/mol. The number of methoxy groups -OCH3 is 1. The standard InChI is InChI=1S/C32H32Br2N2O3/c1-18-11-20-3-4-21-14-24(33)17-35-31(21)30(29(20)27(34)12-18)19-7-9-36(10-8-19)28(37)16-23-13-22-15-25(39-2)5-6-26(22)32(23)38/h5-6,11-12,14-15,17,19,23,30H,3-4,7-10,13,16H2,1-2H3. The average Bonchev–Trinajstić information content (AvgIpc) is 3.13. The quantitative estimate of drug-likeness (QED) is 0.310. The lowest BCUT2D eigenvalue weighted by molar-refractivity contribution is -0.133. The van der Waals surface area contributed by atoms with Gasteiger partial charge in [0.1, 0.15) is 5.75 Å². The first kappa shape index (κ1) is 26.7. The summed E-state index contributed by atoms with van der Waals surface area (Å²) in [5.74, 6) is 1.23. The van der Waals surface area contributed by atoms with Gasteiger partial charge in [-0.25, -0.2) is 0 Å². The van der Waals surface area contributed by atoms with Crippen molar-refractivity contribution in [3.05, 3.63) is 90.6 Å². The van der Waals surface area contributed by atoms with Gasteiger partial charge in [-0.2, -0.15) is 0 Å². The number of likely N-dealkylation sites (tertiary alicyclic amines) is 1. The number of nitrogens with zero attached hydrogens (tertiary/aromatic N) is 2. The van der Waals surface area contributed by atoms with Gasteiger partial charge in [0.05, 0.1) is 12.8 Å². The van der Waals surface area contributed by atoms with E-state index in [4.69, 9.17) is 9.72 Å². The second-order valence-corrected chi connectivity index (χ2v) is 13.0. The number of pyridine rings is 1. The molecule has 6 rings (SSSR count). The Morgan fingerprint density at radius 3 is 2.59 bits per heavy atom. The zero-order valence-corrected chi connectivity index (χ0v) is 25.5. The molecule has 2 aliphatic carbocycles. The number of rotatable bonds is 4. The van der Waals surface area contributed by atoms with E-state index in [1.54, 1.807) is 7.11 Å². The largest absolute Gasteiger partial charge is 0.497 e. The summed E-state index contributed by atoms with van der Waals surface area (Å²) in [5, 5.41) is 0. The molecule has 0 spiro atoms. The summed E-state index contributed by atoms with van der Waals surface area (Å²) in [7, 11) is 1.63. The summed E-state index contributed by atoms with van der Waals surface area (Å²) >= 11 is 7.54. The van der Waals surface area contributed by atoms with Gasteiger partial charge in [-0.1, -0.05) is 22.0 Å². The number of carbonyl (C=O) groups is 2. The lowest BCUT2D eigenvalue weighted by atomic mass is 9.76. The van der Waals surface area contributed by atoms with Crippen molar-refractivity contribution < 1.29 is 14.3 Å². The lowest BCUT2D eigenvalue weighted by Crippen LogP contribution is -2.41. The number of hydrogen-bond donors (Lipinski definition) is 0. The third-order valence-electron chi connectivity index (χ3n) is 8.80. The number of aromatic nitrogens is 1. The number of amides is 1. The topological polar surface area (TPSA) is 59.5 Å². The highest BCUT2D eigenvalue weighted by molar-refractivity contribution is 9.10. The molecule has 3 aromatic rings. The third-order valence-corrected chi connectivity index (χ3v) is 9.89. The Morgan fingerprint density at radius 2 is 1.82 bits per heavy atom. The highest BCUT2D eigenvalue weighted by Crippen LogP contribution is 2.46. The molecule has 0 bridgehead atoms. The maximum Gasteiger partial charge on any atom is 0.223 e. The van der Waals surface area contributed by atoms with Crippen molar-refractivity contribution in [3.8, 4) is 5.75 Å². The number of carbonyl (C=O) groups excluding carboxylic acids is 2. The molecule has 1 saturated heterocycles. The minimum absolute atomic E-state index is 0.0833. The normalized spacial score (nSPS) is 20.7. The van der Waals surface area contributed by atoms with Crippen LogP contribution in [0.2, 0.25) is 0 Å². The molecular weight excluding hydrogens is 620 g/mol. The van der Waals surface area contributed by atoms with Crippen LogP contribution >= 0.6 is 31.9 Å². The first-order chi connectivity index (χ1) is 18.8. The van der Waals surface area contributed by atoms with Gasteiger partial charge in [0.15, 0.2) is 5.78 Å². The van der Waals surface area contributed by atoms with Crippen molar-refractivity contribution >= 4 is 43.6 Å². The summed E-state index contributed by atoms with van der Waals surface area (Å²) in [6.45, 7) is 3.58. The smallest absolute Gasteiger partial charge is 0.223 e. The van der Waals surface area contributed by atoms with Gasteiger partial charge in [0.2, 0.25) is 5.91 Å². The third kappa shape index (κ3) is 5.08. The van der Waals surface area contributed by atoms with Crippen LogP contribution in [0, 0.1) is 18.8 Å². The average molecular weight is 652 g/mol. The number of Topliss-reactive ketones (excluding diaryl/α,β-unsaturated/α-hetero) is 1. The molecule has 0 radical (unpaired) electrons. The minimum atomic E-state index is -0.278. The molecule has 3 aliphatic rings. The van der Waals surface area contributed by atoms with Gasteiger partial charge in [-0.05, 0) is 119 Å². The maximum atomic E-state index is 13.4. The number of aryl methyl sites for hydroxylation is 3. The van der Waals surface area contributed by atoms with E-state index in [0.29, 0.717) is 25.4 Å². The van der Waals surface area contributed by atoms with Crippen LogP contribution < -0.4 is 4.74 Å². The second kappa shape index (κ2) is 10.8. The number of halogens is 2. The van der Waals surface area contributed by atoms with E-state index in [0.717, 1.165) is 51.5 Å². The molecule has 5 nitrogen and oxygen atoms in total. The van der Waals surface area contributed by atoms with Crippen molar-refractivity contribution in [1.29, 1.82) is 0 Å². The Bertz CT molecular complexity index is 1460. The maximum absolute atomic E-state index is 13.4. The Kier molecular flexibility index (Phi) is 7.40.